The summed E-state index contributed by atoms with van der Waals surface area (Å²) in [5, 5.41) is 0. The molecule has 1 rings (SSSR count). The number of aromatic nitrogens is 2. The van der Waals surface area contributed by atoms with E-state index in [4.69, 9.17) is 0 Å². The van der Waals surface area contributed by atoms with E-state index in [-0.39, 0.29) is 100 Å². The fourth-order valence-corrected chi connectivity index (χ4v) is 0.253. The minimum atomic E-state index is 0. The zero-order valence-corrected chi connectivity index (χ0v) is 13.2. The standard InChI is InChI=1S/C4H4N2.10H2N.2Ru/c1-2-6-4-3-5-1;;;;;;;;;;;;/h1-4H;10*1H2;;/q;10*-1;2*+5. The number of nitrogens with zero attached hydrogens (tertiary/aromatic N) is 2. The van der Waals surface area contributed by atoms with E-state index in [1.807, 2.05) is 0 Å². The second-order valence-corrected chi connectivity index (χ2v) is 0.894. The fourth-order valence-electron chi connectivity index (χ4n) is 0.253. The molecule has 0 atom stereocenters. The van der Waals surface area contributed by atoms with E-state index >= 15 is 0 Å². The van der Waals surface area contributed by atoms with Gasteiger partial charge in [-0.1, -0.05) is 0 Å². The van der Waals surface area contributed by atoms with Crippen LogP contribution < -0.4 is 0 Å². The predicted octanol–water partition coefficient (Wildman–Crippen LogP) is 7.64. The fraction of sp³-hybridized carbons (Fsp3) is 0. The zero-order valence-electron chi connectivity index (χ0n) is 9.68. The summed E-state index contributed by atoms with van der Waals surface area (Å²) < 4.78 is 0. The van der Waals surface area contributed by atoms with Gasteiger partial charge in [0.25, 0.3) is 0 Å². The Kier molecular flexibility index (Phi) is 993. The zero-order chi connectivity index (χ0) is 4.24. The summed E-state index contributed by atoms with van der Waals surface area (Å²) in [6.45, 7) is 0. The monoisotopic (exact) mass is 444 g/mol. The Morgan fingerprint density at radius 1 is 0.333 bits per heavy atom. The summed E-state index contributed by atoms with van der Waals surface area (Å²) >= 11 is 0. The normalized spacial score (nSPS) is 2.67. The maximum atomic E-state index is 3.72. The van der Waals surface area contributed by atoms with Crippen LogP contribution in [0, 0.1) is 0 Å². The van der Waals surface area contributed by atoms with Gasteiger partial charge >= 0.3 is 39.0 Å². The second kappa shape index (κ2) is 122. The van der Waals surface area contributed by atoms with Crippen LogP contribution in [0.1, 0.15) is 0 Å². The molecule has 0 fully saturated rings. The Bertz CT molecular complexity index is 94.0. The molecule has 0 spiro atoms. The van der Waals surface area contributed by atoms with Crippen LogP contribution >= 0.6 is 0 Å². The van der Waals surface area contributed by atoms with E-state index < -0.39 is 0 Å². The van der Waals surface area contributed by atoms with Crippen molar-refractivity contribution < 1.29 is 39.0 Å². The third kappa shape index (κ3) is 101. The maximum Gasteiger partial charge on any atom is 5.00 e. The largest absolute Gasteiger partial charge is 5.00 e. The summed E-state index contributed by atoms with van der Waals surface area (Å²) in [4.78, 5) is 7.44. The smallest absolute Gasteiger partial charge is 0.693 e. The van der Waals surface area contributed by atoms with Gasteiger partial charge in [-0.25, -0.2) is 0 Å². The molecule has 0 aliphatic heterocycles. The molecule has 1 heterocycles. The third-order valence-electron chi connectivity index (χ3n) is 0.478. The minimum absolute atomic E-state index is 0. The van der Waals surface area contributed by atoms with Crippen molar-refractivity contribution in [3.63, 3.8) is 0 Å². The molecule has 0 aromatic carbocycles. The number of hydrogen-bond acceptors (Lipinski definition) is 2. The van der Waals surface area contributed by atoms with E-state index in [0.29, 0.717) is 0 Å². The van der Waals surface area contributed by atoms with E-state index in [2.05, 4.69) is 9.97 Å². The molecule has 0 aliphatic carbocycles. The second-order valence-electron chi connectivity index (χ2n) is 0.894. The van der Waals surface area contributed by atoms with Crippen LogP contribution in [0.4, 0.5) is 0 Å². The van der Waals surface area contributed by atoms with Gasteiger partial charge in [0, 0.05) is 24.8 Å². The Morgan fingerprint density at radius 3 is 0.500 bits per heavy atom. The van der Waals surface area contributed by atoms with Gasteiger partial charge in [-0.2, -0.15) is 0 Å². The van der Waals surface area contributed by atoms with Crippen LogP contribution in [0.5, 0.6) is 0 Å². The molecule has 1 aromatic rings. The van der Waals surface area contributed by atoms with Gasteiger partial charge in [-0.15, -0.1) is 0 Å². The number of rotatable bonds is 0. The van der Waals surface area contributed by atoms with Crippen molar-refractivity contribution >= 4 is 0 Å². The van der Waals surface area contributed by atoms with Crippen LogP contribution in [0.15, 0.2) is 24.8 Å². The molecular formula is C4H24N12Ru2. The summed E-state index contributed by atoms with van der Waals surface area (Å²) in [5.41, 5.74) is 0. The topological polar surface area (TPSA) is 361 Å². The molecule has 0 bridgehead atoms. The van der Waals surface area contributed by atoms with Crippen LogP contribution in [-0.4, -0.2) is 9.97 Å². The molecule has 14 heteroatoms. The van der Waals surface area contributed by atoms with Crippen molar-refractivity contribution in [2.75, 3.05) is 0 Å². The molecule has 0 unspecified atom stereocenters. The molecule has 0 saturated carbocycles. The van der Waals surface area contributed by atoms with E-state index in [0.717, 1.165) is 0 Å². The van der Waals surface area contributed by atoms with Gasteiger partial charge < -0.3 is 61.5 Å². The van der Waals surface area contributed by atoms with Crippen LogP contribution in [-0.2, 0) is 39.0 Å². The van der Waals surface area contributed by atoms with Gasteiger partial charge in [-0.3, -0.25) is 9.97 Å². The first-order valence-corrected chi connectivity index (χ1v) is 1.70. The predicted molar refractivity (Wildman–Crippen MR) is 74.9 cm³/mol. The van der Waals surface area contributed by atoms with Crippen LogP contribution in [0.2, 0.25) is 0 Å². The van der Waals surface area contributed by atoms with Crippen molar-refractivity contribution in [1.29, 1.82) is 0 Å². The van der Waals surface area contributed by atoms with Crippen molar-refractivity contribution in [3.8, 4) is 0 Å². The molecule has 1 aromatic heterocycles. The molecular weight excluding hydrogens is 418 g/mol. The SMILES string of the molecule is [NH2-].[NH2-].[NH2-].[NH2-].[NH2-].[NH2-].[NH2-].[NH2-].[NH2-].[NH2-].[Ru+5].[Ru+5].c1cnccn1. The van der Waals surface area contributed by atoms with Crippen molar-refractivity contribution in [2.24, 2.45) is 0 Å². The molecule has 12 nitrogen and oxygen atoms in total. The van der Waals surface area contributed by atoms with Gasteiger partial charge in [0.2, 0.25) is 0 Å². The first kappa shape index (κ1) is 146. The first-order valence-electron chi connectivity index (χ1n) is 1.70. The summed E-state index contributed by atoms with van der Waals surface area (Å²) in [6.07, 6.45) is 6.56. The summed E-state index contributed by atoms with van der Waals surface area (Å²) in [7, 11) is 0. The average molecular weight is 442 g/mol. The van der Waals surface area contributed by atoms with Crippen molar-refractivity contribution in [3.05, 3.63) is 86.3 Å². The molecule has 116 valence electrons. The average Bonchev–Trinajstić information content (AvgIpc) is 1.72. The molecule has 0 saturated heterocycles. The summed E-state index contributed by atoms with van der Waals surface area (Å²) in [6, 6.07) is 0. The molecule has 2 radical (unpaired) electrons. The van der Waals surface area contributed by atoms with Gasteiger partial charge in [-0.05, 0) is 0 Å². The maximum absolute atomic E-state index is 3.72. The van der Waals surface area contributed by atoms with E-state index in [1.165, 1.54) is 0 Å². The van der Waals surface area contributed by atoms with Crippen molar-refractivity contribution in [2.45, 2.75) is 0 Å². The molecule has 0 amide bonds. The Labute approximate surface area is 135 Å². The van der Waals surface area contributed by atoms with Gasteiger partial charge in [0.05, 0.1) is 0 Å². The van der Waals surface area contributed by atoms with E-state index in [9.17, 15) is 0 Å². The van der Waals surface area contributed by atoms with Crippen molar-refractivity contribution in [1.82, 2.24) is 9.97 Å². The number of hydrogen-bond donors (Lipinski definition) is 0. The Hall–Kier alpha value is -0.0732. The minimum Gasteiger partial charge on any atom is -0.693 e. The summed E-state index contributed by atoms with van der Waals surface area (Å²) in [5.74, 6) is 0. The Balaban J connectivity index is -0.00000000300. The molecule has 0 aliphatic rings. The first-order chi connectivity index (χ1) is 3.00. The van der Waals surface area contributed by atoms with Gasteiger partial charge in [0.15, 0.2) is 0 Å². The van der Waals surface area contributed by atoms with Gasteiger partial charge in [0.1, 0.15) is 0 Å². The third-order valence-corrected chi connectivity index (χ3v) is 0.478. The van der Waals surface area contributed by atoms with Crippen LogP contribution in [0.25, 0.3) is 61.5 Å². The molecule has 20 N–H and O–H groups in total. The quantitative estimate of drug-likeness (QED) is 0.365. The Morgan fingerprint density at radius 2 is 0.444 bits per heavy atom. The molecule has 18 heavy (non-hydrogen) atoms. The van der Waals surface area contributed by atoms with E-state index in [1.54, 1.807) is 24.8 Å². The number of nitrogens with two attached hydrogens (primary N) is 10. The van der Waals surface area contributed by atoms with Crippen LogP contribution in [0.3, 0.4) is 0 Å².